The van der Waals surface area contributed by atoms with Crippen molar-refractivity contribution >= 4 is 5.78 Å². The molecule has 0 N–H and O–H groups in total. The molecule has 2 rings (SSSR count). The number of ketones is 1. The van der Waals surface area contributed by atoms with Crippen LogP contribution in [-0.2, 0) is 9.84 Å². The van der Waals surface area contributed by atoms with E-state index < -0.39 is 0 Å². The molecule has 1 aromatic rings. The Balaban J connectivity index is 2.56. The van der Waals surface area contributed by atoms with Crippen molar-refractivity contribution in [1.82, 2.24) is 0 Å². The van der Waals surface area contributed by atoms with Crippen molar-refractivity contribution in [2.24, 2.45) is 0 Å². The van der Waals surface area contributed by atoms with E-state index in [0.29, 0.717) is 0 Å². The molecule has 1 heteroatoms. The summed E-state index contributed by atoms with van der Waals surface area (Å²) < 4.78 is 5.79. The second-order valence-electron chi connectivity index (χ2n) is 4.09. The molecule has 72 valence electrons. The normalized spacial score (nSPS) is 18.4. The molecule has 0 unspecified atom stereocenters. The third-order valence-corrected chi connectivity index (χ3v) is 2.71. The molecule has 1 aliphatic rings. The SMILES string of the molecule is CC=CC1=[O+]c2ccccc2C1(C)C. The summed E-state index contributed by atoms with van der Waals surface area (Å²) in [5.74, 6) is 2.02. The minimum Gasteiger partial charge on any atom is -0.212 e. The highest BCUT2D eigenvalue weighted by Crippen LogP contribution is 2.38. The van der Waals surface area contributed by atoms with Crippen molar-refractivity contribution < 1.29 is 4.42 Å². The number of fused-ring (bicyclic) bond motifs is 1. The molecular weight excluding hydrogens is 172 g/mol. The summed E-state index contributed by atoms with van der Waals surface area (Å²) in [7, 11) is 0. The van der Waals surface area contributed by atoms with Gasteiger partial charge >= 0.3 is 11.5 Å². The molecule has 0 saturated heterocycles. The highest BCUT2D eigenvalue weighted by molar-refractivity contribution is 6.01. The van der Waals surface area contributed by atoms with Crippen molar-refractivity contribution in [2.45, 2.75) is 26.2 Å². The first-order valence-electron chi connectivity index (χ1n) is 4.93. The lowest BCUT2D eigenvalue weighted by atomic mass is 9.81. The van der Waals surface area contributed by atoms with E-state index in [2.05, 4.69) is 26.0 Å². The number of carbonyl (C=O) groups excluding carboxylic acids is 1. The Hall–Kier alpha value is -1.37. The Morgan fingerprint density at radius 3 is 2.57 bits per heavy atom. The van der Waals surface area contributed by atoms with Gasteiger partial charge in [-0.2, -0.15) is 0 Å². The molecular formula is C13H15O+. The van der Waals surface area contributed by atoms with Gasteiger partial charge in [-0.3, -0.25) is 0 Å². The Kier molecular flexibility index (Phi) is 2.03. The van der Waals surface area contributed by atoms with E-state index >= 15 is 0 Å². The molecule has 1 nitrogen and oxygen atoms in total. The number of allylic oxidation sites excluding steroid dienone is 2. The van der Waals surface area contributed by atoms with Gasteiger partial charge in [0.25, 0.3) is 0 Å². The van der Waals surface area contributed by atoms with Crippen LogP contribution in [0.25, 0.3) is 0 Å². The summed E-state index contributed by atoms with van der Waals surface area (Å²) in [6.45, 7) is 6.39. The number of rotatable bonds is 1. The molecule has 1 aliphatic heterocycles. The summed E-state index contributed by atoms with van der Waals surface area (Å²) in [6.07, 6.45) is 4.06. The molecule has 0 amide bonds. The number of benzene rings is 1. The van der Waals surface area contributed by atoms with E-state index in [0.717, 1.165) is 11.5 Å². The lowest BCUT2D eigenvalue weighted by molar-refractivity contribution is -0.362. The van der Waals surface area contributed by atoms with Gasteiger partial charge in [0.05, 0.1) is 5.56 Å². The van der Waals surface area contributed by atoms with Crippen LogP contribution in [0.1, 0.15) is 26.3 Å². The standard InChI is InChI=1S/C13H15O/c1-4-7-12-13(2,3)10-8-5-6-9-11(10)14-12/h4-9H,1-3H3/q+1. The molecule has 0 bridgehead atoms. The van der Waals surface area contributed by atoms with Crippen molar-refractivity contribution in [1.29, 1.82) is 0 Å². The van der Waals surface area contributed by atoms with E-state index in [1.165, 1.54) is 5.56 Å². The van der Waals surface area contributed by atoms with E-state index in [-0.39, 0.29) is 5.41 Å². The van der Waals surface area contributed by atoms with Crippen LogP contribution in [0.4, 0.5) is 0 Å². The molecule has 0 aliphatic carbocycles. The Morgan fingerprint density at radius 2 is 1.93 bits per heavy atom. The maximum atomic E-state index is 5.79. The maximum absolute atomic E-state index is 5.79. The zero-order valence-electron chi connectivity index (χ0n) is 8.87. The summed E-state index contributed by atoms with van der Waals surface area (Å²) >= 11 is 0. The van der Waals surface area contributed by atoms with Crippen LogP contribution in [0.2, 0.25) is 0 Å². The maximum Gasteiger partial charge on any atom is 0.357 e. The molecule has 1 aromatic carbocycles. The smallest absolute Gasteiger partial charge is 0.212 e. The van der Waals surface area contributed by atoms with Gasteiger partial charge in [0, 0.05) is 12.1 Å². The van der Waals surface area contributed by atoms with Gasteiger partial charge in [-0.05, 0) is 26.8 Å². The first kappa shape index (κ1) is 9.20. The van der Waals surface area contributed by atoms with Crippen molar-refractivity contribution in [3.05, 3.63) is 42.0 Å². The molecule has 0 fully saturated rings. The van der Waals surface area contributed by atoms with E-state index in [9.17, 15) is 0 Å². The number of para-hydroxylation sites is 1. The zero-order chi connectivity index (χ0) is 10.2. The zero-order valence-corrected chi connectivity index (χ0v) is 8.87. The van der Waals surface area contributed by atoms with E-state index in [4.69, 9.17) is 4.42 Å². The largest absolute Gasteiger partial charge is 0.357 e. The average Bonchev–Trinajstić information content (AvgIpc) is 2.41. The molecule has 0 atom stereocenters. The van der Waals surface area contributed by atoms with Gasteiger partial charge in [0.2, 0.25) is 0 Å². The lowest BCUT2D eigenvalue weighted by Crippen LogP contribution is -2.23. The summed E-state index contributed by atoms with van der Waals surface area (Å²) in [5.41, 5.74) is 1.27. The second kappa shape index (κ2) is 3.09. The molecule has 0 aromatic heterocycles. The summed E-state index contributed by atoms with van der Waals surface area (Å²) in [6, 6.07) is 8.22. The Bertz CT molecular complexity index is 411. The van der Waals surface area contributed by atoms with E-state index in [1.807, 2.05) is 31.2 Å². The fourth-order valence-electron chi connectivity index (χ4n) is 1.84. The minimum absolute atomic E-state index is 0.00308. The average molecular weight is 187 g/mol. The second-order valence-corrected chi connectivity index (χ2v) is 4.09. The minimum atomic E-state index is 0.00308. The van der Waals surface area contributed by atoms with Gasteiger partial charge in [-0.1, -0.05) is 18.2 Å². The Labute approximate surface area is 84.8 Å². The van der Waals surface area contributed by atoms with Crippen LogP contribution in [-0.4, -0.2) is 5.78 Å². The van der Waals surface area contributed by atoms with Gasteiger partial charge < -0.3 is 0 Å². The van der Waals surface area contributed by atoms with Crippen molar-refractivity contribution in [3.63, 3.8) is 0 Å². The van der Waals surface area contributed by atoms with Gasteiger partial charge in [-0.25, -0.2) is 4.42 Å². The van der Waals surface area contributed by atoms with Crippen molar-refractivity contribution in [3.8, 4) is 5.75 Å². The van der Waals surface area contributed by atoms with Gasteiger partial charge in [-0.15, -0.1) is 0 Å². The quantitative estimate of drug-likeness (QED) is 0.471. The third kappa shape index (κ3) is 1.20. The molecule has 0 spiro atoms. The van der Waals surface area contributed by atoms with Gasteiger partial charge in [0.15, 0.2) is 0 Å². The molecule has 14 heavy (non-hydrogen) atoms. The van der Waals surface area contributed by atoms with Crippen LogP contribution in [0, 0.1) is 0 Å². The van der Waals surface area contributed by atoms with Crippen molar-refractivity contribution in [2.75, 3.05) is 0 Å². The predicted molar refractivity (Wildman–Crippen MR) is 58.7 cm³/mol. The van der Waals surface area contributed by atoms with Crippen LogP contribution in [0.3, 0.4) is 0 Å². The van der Waals surface area contributed by atoms with Crippen LogP contribution >= 0.6 is 0 Å². The van der Waals surface area contributed by atoms with E-state index in [1.54, 1.807) is 0 Å². The highest BCUT2D eigenvalue weighted by atomic mass is 16.4. The molecule has 0 saturated carbocycles. The Morgan fingerprint density at radius 1 is 1.21 bits per heavy atom. The first-order valence-corrected chi connectivity index (χ1v) is 4.93. The van der Waals surface area contributed by atoms with Crippen LogP contribution in [0.15, 0.2) is 36.4 Å². The lowest BCUT2D eigenvalue weighted by Gasteiger charge is -2.10. The van der Waals surface area contributed by atoms with Crippen LogP contribution < -0.4 is 0 Å². The highest BCUT2D eigenvalue weighted by Gasteiger charge is 2.45. The third-order valence-electron chi connectivity index (χ3n) is 2.71. The first-order chi connectivity index (χ1) is 6.66. The molecule has 0 radical (unpaired) electrons. The molecule has 1 heterocycles. The van der Waals surface area contributed by atoms with Gasteiger partial charge in [0.1, 0.15) is 5.41 Å². The topological polar surface area (TPSA) is 11.3 Å². The number of hydrogen-bond donors (Lipinski definition) is 0. The fraction of sp³-hybridized carbons (Fsp3) is 0.308. The summed E-state index contributed by atoms with van der Waals surface area (Å²) in [5, 5.41) is 0. The number of hydrogen-bond acceptors (Lipinski definition) is 0. The fourth-order valence-corrected chi connectivity index (χ4v) is 1.84. The van der Waals surface area contributed by atoms with Crippen LogP contribution in [0.5, 0.6) is 5.75 Å². The monoisotopic (exact) mass is 187 g/mol. The summed E-state index contributed by atoms with van der Waals surface area (Å²) in [4.78, 5) is 0. The predicted octanol–water partition coefficient (Wildman–Crippen LogP) is 3.37.